The van der Waals surface area contributed by atoms with Gasteiger partial charge in [0.25, 0.3) is 0 Å². The van der Waals surface area contributed by atoms with E-state index in [1.807, 2.05) is 0 Å². The van der Waals surface area contributed by atoms with E-state index in [0.29, 0.717) is 17.8 Å². The molecule has 1 aromatic carbocycles. The minimum atomic E-state index is 0.621. The van der Waals surface area contributed by atoms with Crippen molar-refractivity contribution in [2.24, 2.45) is 0 Å². The summed E-state index contributed by atoms with van der Waals surface area (Å²) in [5, 5.41) is 5.48. The second kappa shape index (κ2) is 3.61. The van der Waals surface area contributed by atoms with Crippen LogP contribution in [0.1, 0.15) is 0 Å². The van der Waals surface area contributed by atoms with Crippen LogP contribution in [0.2, 0.25) is 0 Å². The molecule has 1 rings (SSSR count). The van der Waals surface area contributed by atoms with E-state index in [4.69, 9.17) is 5.73 Å². The Hall–Kier alpha value is -1.71. The Kier molecular flexibility index (Phi) is 2.53. The van der Waals surface area contributed by atoms with E-state index in [-0.39, 0.29) is 0 Å². The first-order chi connectivity index (χ1) is 5.77. The van der Waals surface area contributed by atoms with Gasteiger partial charge in [0.15, 0.2) is 0 Å². The molecule has 1 amide bonds. The number of rotatable bonds is 3. The average Bonchev–Trinajstić information content (AvgIpc) is 2.05. The fraction of sp³-hybridized carbons (Fsp3) is 0.125. The summed E-state index contributed by atoms with van der Waals surface area (Å²) in [7, 11) is 1.78. The zero-order valence-corrected chi connectivity index (χ0v) is 6.79. The van der Waals surface area contributed by atoms with E-state index >= 15 is 0 Å². The molecule has 0 aliphatic heterocycles. The largest absolute Gasteiger partial charge is 0.399 e. The number of carbonyl (C=O) groups excluding carboxylic acids is 1. The Morgan fingerprint density at radius 1 is 1.42 bits per heavy atom. The molecule has 0 saturated heterocycles. The highest BCUT2D eigenvalue weighted by atomic mass is 16.1. The van der Waals surface area contributed by atoms with Gasteiger partial charge in [-0.3, -0.25) is 4.79 Å². The van der Waals surface area contributed by atoms with Gasteiger partial charge in [-0.15, -0.1) is 0 Å². The molecule has 0 aromatic heterocycles. The number of hydrogen-bond acceptors (Lipinski definition) is 3. The molecule has 0 fully saturated rings. The molecular weight excluding hydrogens is 154 g/mol. The maximum Gasteiger partial charge on any atom is 0.211 e. The van der Waals surface area contributed by atoms with Gasteiger partial charge in [0, 0.05) is 12.7 Å². The van der Waals surface area contributed by atoms with Crippen LogP contribution in [0.3, 0.4) is 0 Å². The molecule has 0 atom stereocenters. The molecule has 12 heavy (non-hydrogen) atoms. The second-order valence-corrected chi connectivity index (χ2v) is 2.32. The number of anilines is 3. The van der Waals surface area contributed by atoms with E-state index < -0.39 is 0 Å². The van der Waals surface area contributed by atoms with Gasteiger partial charge >= 0.3 is 0 Å². The van der Waals surface area contributed by atoms with Crippen molar-refractivity contribution in [2.45, 2.75) is 0 Å². The first-order valence-corrected chi connectivity index (χ1v) is 3.55. The van der Waals surface area contributed by atoms with E-state index in [1.54, 1.807) is 25.2 Å². The van der Waals surface area contributed by atoms with Crippen LogP contribution in [0, 0.1) is 0 Å². The van der Waals surface area contributed by atoms with E-state index in [0.717, 1.165) is 5.69 Å². The van der Waals surface area contributed by atoms with Gasteiger partial charge in [-0.05, 0) is 18.2 Å². The van der Waals surface area contributed by atoms with Gasteiger partial charge in [0.2, 0.25) is 6.41 Å². The van der Waals surface area contributed by atoms with Crippen LogP contribution in [0.4, 0.5) is 17.1 Å². The van der Waals surface area contributed by atoms with Crippen molar-refractivity contribution in [2.75, 3.05) is 23.4 Å². The fourth-order valence-corrected chi connectivity index (χ4v) is 0.963. The highest BCUT2D eigenvalue weighted by molar-refractivity contribution is 5.82. The molecular formula is C8H11N3O. The number of nitrogen functional groups attached to an aromatic ring is 1. The summed E-state index contributed by atoms with van der Waals surface area (Å²) in [6, 6.07) is 5.27. The van der Waals surface area contributed by atoms with E-state index in [2.05, 4.69) is 10.6 Å². The molecule has 4 N–H and O–H groups in total. The molecule has 0 spiro atoms. The number of nitrogens with two attached hydrogens (primary N) is 1. The molecule has 64 valence electrons. The van der Waals surface area contributed by atoms with Crippen molar-refractivity contribution in [3.05, 3.63) is 18.2 Å². The van der Waals surface area contributed by atoms with Crippen LogP contribution in [0.5, 0.6) is 0 Å². The van der Waals surface area contributed by atoms with Crippen molar-refractivity contribution < 1.29 is 4.79 Å². The predicted octanol–water partition coefficient (Wildman–Crippen LogP) is 0.879. The third-order valence-corrected chi connectivity index (χ3v) is 1.53. The third kappa shape index (κ3) is 1.66. The summed E-state index contributed by atoms with van der Waals surface area (Å²) in [4.78, 5) is 10.2. The number of benzene rings is 1. The van der Waals surface area contributed by atoms with Gasteiger partial charge < -0.3 is 16.4 Å². The standard InChI is InChI=1S/C8H11N3O/c1-10-7-3-2-6(9)4-8(7)11-5-12/h2-5,10H,9H2,1H3,(H,11,12). The van der Waals surface area contributed by atoms with Gasteiger partial charge in [0.1, 0.15) is 0 Å². The van der Waals surface area contributed by atoms with Crippen molar-refractivity contribution in [1.29, 1.82) is 0 Å². The highest BCUT2D eigenvalue weighted by Gasteiger charge is 1.98. The Morgan fingerprint density at radius 2 is 2.17 bits per heavy atom. The van der Waals surface area contributed by atoms with Crippen LogP contribution in [0.25, 0.3) is 0 Å². The molecule has 0 aliphatic rings. The monoisotopic (exact) mass is 165 g/mol. The normalized spacial score (nSPS) is 9.08. The lowest BCUT2D eigenvalue weighted by molar-refractivity contribution is -0.105. The number of carbonyl (C=O) groups is 1. The molecule has 4 nitrogen and oxygen atoms in total. The van der Waals surface area contributed by atoms with Crippen LogP contribution in [-0.4, -0.2) is 13.5 Å². The third-order valence-electron chi connectivity index (χ3n) is 1.53. The lowest BCUT2D eigenvalue weighted by Crippen LogP contribution is -2.00. The van der Waals surface area contributed by atoms with Crippen LogP contribution < -0.4 is 16.4 Å². The SMILES string of the molecule is CNc1ccc(N)cc1NC=O. The maximum atomic E-state index is 10.2. The molecule has 0 aliphatic carbocycles. The van der Waals surface area contributed by atoms with E-state index in [1.165, 1.54) is 0 Å². The van der Waals surface area contributed by atoms with Crippen molar-refractivity contribution in [3.63, 3.8) is 0 Å². The van der Waals surface area contributed by atoms with Crippen LogP contribution >= 0.6 is 0 Å². The predicted molar refractivity (Wildman–Crippen MR) is 50.1 cm³/mol. The van der Waals surface area contributed by atoms with E-state index in [9.17, 15) is 4.79 Å². The minimum Gasteiger partial charge on any atom is -0.399 e. The number of amides is 1. The Bertz CT molecular complexity index is 286. The summed E-state index contributed by atoms with van der Waals surface area (Å²) >= 11 is 0. The fourth-order valence-electron chi connectivity index (χ4n) is 0.963. The maximum absolute atomic E-state index is 10.2. The molecule has 0 bridgehead atoms. The zero-order chi connectivity index (χ0) is 8.97. The van der Waals surface area contributed by atoms with Crippen molar-refractivity contribution >= 4 is 23.5 Å². The Labute approximate surface area is 70.8 Å². The summed E-state index contributed by atoms with van der Waals surface area (Å²) in [5.41, 5.74) is 7.68. The molecule has 4 heteroatoms. The lowest BCUT2D eigenvalue weighted by Gasteiger charge is -2.07. The van der Waals surface area contributed by atoms with Crippen LogP contribution in [-0.2, 0) is 4.79 Å². The second-order valence-electron chi connectivity index (χ2n) is 2.32. The van der Waals surface area contributed by atoms with Gasteiger partial charge in [-0.25, -0.2) is 0 Å². The topological polar surface area (TPSA) is 67.2 Å². The molecule has 0 saturated carbocycles. The Balaban J connectivity index is 3.03. The van der Waals surface area contributed by atoms with Crippen molar-refractivity contribution in [1.82, 2.24) is 0 Å². The summed E-state index contributed by atoms with van der Waals surface area (Å²) in [6.07, 6.45) is 0.621. The smallest absolute Gasteiger partial charge is 0.211 e. The molecule has 0 radical (unpaired) electrons. The quantitative estimate of drug-likeness (QED) is 0.460. The molecule has 0 unspecified atom stereocenters. The lowest BCUT2D eigenvalue weighted by atomic mass is 10.2. The zero-order valence-electron chi connectivity index (χ0n) is 6.79. The van der Waals surface area contributed by atoms with Gasteiger partial charge in [-0.2, -0.15) is 0 Å². The highest BCUT2D eigenvalue weighted by Crippen LogP contribution is 2.22. The van der Waals surface area contributed by atoms with Gasteiger partial charge in [0.05, 0.1) is 11.4 Å². The first-order valence-electron chi connectivity index (χ1n) is 3.55. The van der Waals surface area contributed by atoms with Gasteiger partial charge in [-0.1, -0.05) is 0 Å². The molecule has 1 aromatic rings. The summed E-state index contributed by atoms with van der Waals surface area (Å²) < 4.78 is 0. The number of nitrogens with one attached hydrogen (secondary N) is 2. The minimum absolute atomic E-state index is 0.621. The first kappa shape index (κ1) is 8.39. The average molecular weight is 165 g/mol. The summed E-state index contributed by atoms with van der Waals surface area (Å²) in [5.74, 6) is 0. The molecule has 0 heterocycles. The number of hydrogen-bond donors (Lipinski definition) is 3. The van der Waals surface area contributed by atoms with Crippen LogP contribution in [0.15, 0.2) is 18.2 Å². The van der Waals surface area contributed by atoms with Crippen molar-refractivity contribution in [3.8, 4) is 0 Å². The Morgan fingerprint density at radius 3 is 2.75 bits per heavy atom. The summed E-state index contributed by atoms with van der Waals surface area (Å²) in [6.45, 7) is 0.